The largest absolute Gasteiger partial charge is 0.298 e. The summed E-state index contributed by atoms with van der Waals surface area (Å²) in [6.07, 6.45) is 1.83. The van der Waals surface area contributed by atoms with Crippen LogP contribution in [0.1, 0.15) is 12.0 Å². The van der Waals surface area contributed by atoms with E-state index < -0.39 is 10.0 Å². The van der Waals surface area contributed by atoms with Crippen molar-refractivity contribution in [1.82, 2.24) is 19.5 Å². The molecule has 0 radical (unpaired) electrons. The SMILES string of the molecule is CS(=O)(=O)NCCCSc1nnc(-c2ccc(Cl)cc2Cl)n1Cc1ccccc1. The number of aromatic nitrogens is 3. The number of nitrogens with one attached hydrogen (secondary N) is 1. The number of halogens is 2. The first-order chi connectivity index (χ1) is 13.8. The monoisotopic (exact) mass is 470 g/mol. The third kappa shape index (κ3) is 6.45. The van der Waals surface area contributed by atoms with Gasteiger partial charge in [0.1, 0.15) is 0 Å². The number of thioether (sulfide) groups is 1. The highest BCUT2D eigenvalue weighted by molar-refractivity contribution is 7.99. The van der Waals surface area contributed by atoms with Crippen LogP contribution in [0.2, 0.25) is 10.0 Å². The topological polar surface area (TPSA) is 76.9 Å². The molecule has 1 aromatic heterocycles. The van der Waals surface area contributed by atoms with Gasteiger partial charge in [-0.05, 0) is 30.2 Å². The van der Waals surface area contributed by atoms with E-state index in [0.29, 0.717) is 41.1 Å². The van der Waals surface area contributed by atoms with E-state index in [-0.39, 0.29) is 0 Å². The summed E-state index contributed by atoms with van der Waals surface area (Å²) in [5.41, 5.74) is 1.87. The van der Waals surface area contributed by atoms with Crippen molar-refractivity contribution in [2.75, 3.05) is 18.6 Å². The molecule has 0 fully saturated rings. The van der Waals surface area contributed by atoms with Crippen LogP contribution in [0.4, 0.5) is 0 Å². The summed E-state index contributed by atoms with van der Waals surface area (Å²) >= 11 is 14.0. The molecule has 0 aliphatic carbocycles. The second kappa shape index (κ2) is 9.95. The maximum atomic E-state index is 11.2. The van der Waals surface area contributed by atoms with Gasteiger partial charge in [-0.2, -0.15) is 0 Å². The Morgan fingerprint density at radius 1 is 1.10 bits per heavy atom. The summed E-state index contributed by atoms with van der Waals surface area (Å²) in [6.45, 7) is 0.973. The molecular formula is C19H20Cl2N4O2S2. The molecule has 0 saturated carbocycles. The van der Waals surface area contributed by atoms with Crippen LogP contribution in [0.15, 0.2) is 53.7 Å². The molecule has 0 saturated heterocycles. The molecule has 0 atom stereocenters. The lowest BCUT2D eigenvalue weighted by molar-refractivity contribution is 0.587. The van der Waals surface area contributed by atoms with Crippen LogP contribution in [0.3, 0.4) is 0 Å². The zero-order valence-electron chi connectivity index (χ0n) is 15.7. The molecule has 29 heavy (non-hydrogen) atoms. The third-order valence-electron chi connectivity index (χ3n) is 3.99. The lowest BCUT2D eigenvalue weighted by Gasteiger charge is -2.11. The molecule has 10 heteroatoms. The fourth-order valence-corrected chi connectivity index (χ4v) is 4.55. The summed E-state index contributed by atoms with van der Waals surface area (Å²) in [7, 11) is -3.18. The number of hydrogen-bond acceptors (Lipinski definition) is 5. The van der Waals surface area contributed by atoms with Crippen molar-refractivity contribution < 1.29 is 8.42 Å². The highest BCUT2D eigenvalue weighted by Crippen LogP contribution is 2.32. The van der Waals surface area contributed by atoms with Crippen molar-refractivity contribution in [3.05, 3.63) is 64.1 Å². The van der Waals surface area contributed by atoms with E-state index in [4.69, 9.17) is 23.2 Å². The average molecular weight is 471 g/mol. The number of rotatable bonds is 9. The van der Waals surface area contributed by atoms with Crippen molar-refractivity contribution in [2.45, 2.75) is 18.1 Å². The molecule has 0 spiro atoms. The Balaban J connectivity index is 1.83. The van der Waals surface area contributed by atoms with Gasteiger partial charge in [-0.25, -0.2) is 13.1 Å². The van der Waals surface area contributed by atoms with Crippen LogP contribution >= 0.6 is 35.0 Å². The van der Waals surface area contributed by atoms with Gasteiger partial charge < -0.3 is 0 Å². The van der Waals surface area contributed by atoms with E-state index in [1.54, 1.807) is 12.1 Å². The normalized spacial score (nSPS) is 11.7. The van der Waals surface area contributed by atoms with Crippen LogP contribution < -0.4 is 4.72 Å². The minimum atomic E-state index is -3.18. The highest BCUT2D eigenvalue weighted by Gasteiger charge is 2.17. The molecule has 6 nitrogen and oxygen atoms in total. The predicted molar refractivity (Wildman–Crippen MR) is 119 cm³/mol. The Kier molecular flexibility index (Phi) is 7.59. The van der Waals surface area contributed by atoms with Gasteiger partial charge in [-0.3, -0.25) is 4.57 Å². The minimum Gasteiger partial charge on any atom is -0.298 e. The van der Waals surface area contributed by atoms with Gasteiger partial charge in [-0.15, -0.1) is 10.2 Å². The van der Waals surface area contributed by atoms with Gasteiger partial charge in [0.05, 0.1) is 17.8 Å². The highest BCUT2D eigenvalue weighted by atomic mass is 35.5. The molecule has 3 rings (SSSR count). The van der Waals surface area contributed by atoms with E-state index in [0.717, 1.165) is 22.5 Å². The van der Waals surface area contributed by atoms with Crippen LogP contribution in [0.25, 0.3) is 11.4 Å². The Labute approximate surface area is 184 Å². The summed E-state index contributed by atoms with van der Waals surface area (Å²) in [5.74, 6) is 1.36. The molecule has 0 amide bonds. The van der Waals surface area contributed by atoms with E-state index in [1.807, 2.05) is 41.0 Å². The van der Waals surface area contributed by atoms with Gasteiger partial charge in [0.2, 0.25) is 10.0 Å². The molecular weight excluding hydrogens is 451 g/mol. The fourth-order valence-electron chi connectivity index (χ4n) is 2.67. The molecule has 154 valence electrons. The maximum absolute atomic E-state index is 11.2. The van der Waals surface area contributed by atoms with Crippen LogP contribution in [-0.4, -0.2) is 41.7 Å². The minimum absolute atomic E-state index is 0.383. The molecule has 1 N–H and O–H groups in total. The van der Waals surface area contributed by atoms with E-state index in [1.165, 1.54) is 11.8 Å². The Hall–Kier alpha value is -1.58. The summed E-state index contributed by atoms with van der Waals surface area (Å²) in [6, 6.07) is 15.3. The lowest BCUT2D eigenvalue weighted by Crippen LogP contribution is -2.23. The van der Waals surface area contributed by atoms with Crippen LogP contribution in [-0.2, 0) is 16.6 Å². The first kappa shape index (κ1) is 22.1. The predicted octanol–water partition coefficient (Wildman–Crippen LogP) is 4.33. The zero-order chi connectivity index (χ0) is 20.9. The Morgan fingerprint density at radius 2 is 1.86 bits per heavy atom. The fraction of sp³-hybridized carbons (Fsp3) is 0.263. The summed E-state index contributed by atoms with van der Waals surface area (Å²) < 4.78 is 26.8. The lowest BCUT2D eigenvalue weighted by atomic mass is 10.2. The summed E-state index contributed by atoms with van der Waals surface area (Å²) in [5, 5.41) is 10.5. The third-order valence-corrected chi connectivity index (χ3v) is 6.32. The molecule has 0 bridgehead atoms. The van der Waals surface area contributed by atoms with Crippen LogP contribution in [0.5, 0.6) is 0 Å². The standard InChI is InChI=1S/C19H20Cl2N4O2S2/c1-29(26,27)22-10-5-11-28-19-24-23-18(16-9-8-15(20)12-17(16)21)25(19)13-14-6-3-2-4-7-14/h2-4,6-9,12,22H,5,10-11,13H2,1H3. The van der Waals surface area contributed by atoms with Crippen LogP contribution in [0, 0.1) is 0 Å². The number of benzene rings is 2. The number of sulfonamides is 1. The maximum Gasteiger partial charge on any atom is 0.208 e. The van der Waals surface area contributed by atoms with Crippen molar-refractivity contribution >= 4 is 45.0 Å². The van der Waals surface area contributed by atoms with Gasteiger partial charge >= 0.3 is 0 Å². The van der Waals surface area contributed by atoms with Crippen molar-refractivity contribution in [2.24, 2.45) is 0 Å². The average Bonchev–Trinajstić information content (AvgIpc) is 3.04. The van der Waals surface area contributed by atoms with Gasteiger partial charge in [-0.1, -0.05) is 65.3 Å². The van der Waals surface area contributed by atoms with E-state index in [2.05, 4.69) is 14.9 Å². The summed E-state index contributed by atoms with van der Waals surface area (Å²) in [4.78, 5) is 0. The van der Waals surface area contributed by atoms with Gasteiger partial charge in [0.25, 0.3) is 0 Å². The zero-order valence-corrected chi connectivity index (χ0v) is 18.8. The second-order valence-corrected chi connectivity index (χ2v) is 10.1. The first-order valence-corrected chi connectivity index (χ1v) is 12.5. The van der Waals surface area contributed by atoms with Crippen molar-refractivity contribution in [3.63, 3.8) is 0 Å². The molecule has 0 aliphatic heterocycles. The van der Waals surface area contributed by atoms with Gasteiger partial charge in [0, 0.05) is 22.9 Å². The molecule has 0 aliphatic rings. The molecule has 2 aromatic carbocycles. The Bertz CT molecular complexity index is 1070. The first-order valence-electron chi connectivity index (χ1n) is 8.83. The van der Waals surface area contributed by atoms with Crippen molar-refractivity contribution in [3.8, 4) is 11.4 Å². The second-order valence-electron chi connectivity index (χ2n) is 6.37. The molecule has 3 aromatic rings. The van der Waals surface area contributed by atoms with E-state index >= 15 is 0 Å². The molecule has 1 heterocycles. The van der Waals surface area contributed by atoms with Gasteiger partial charge in [0.15, 0.2) is 11.0 Å². The number of nitrogens with zero attached hydrogens (tertiary/aromatic N) is 3. The Morgan fingerprint density at radius 3 is 2.55 bits per heavy atom. The smallest absolute Gasteiger partial charge is 0.208 e. The van der Waals surface area contributed by atoms with Crippen molar-refractivity contribution in [1.29, 1.82) is 0 Å². The quantitative estimate of drug-likeness (QED) is 0.371. The molecule has 0 unspecified atom stereocenters. The number of hydrogen-bond donors (Lipinski definition) is 1. The van der Waals surface area contributed by atoms with E-state index in [9.17, 15) is 8.42 Å².